The van der Waals surface area contributed by atoms with Crippen LogP contribution in [0.4, 0.5) is 9.59 Å². The molecule has 0 radical (unpaired) electrons. The molecule has 0 atom stereocenters. The van der Waals surface area contributed by atoms with Gasteiger partial charge in [-0.3, -0.25) is 0 Å². The predicted molar refractivity (Wildman–Crippen MR) is 175 cm³/mol. The van der Waals surface area contributed by atoms with Crippen molar-refractivity contribution < 1.29 is 38.7 Å². The molecule has 0 aromatic heterocycles. The predicted octanol–water partition coefficient (Wildman–Crippen LogP) is 8.13. The van der Waals surface area contributed by atoms with Crippen LogP contribution < -0.4 is 10.2 Å². The Morgan fingerprint density at radius 2 is 0.698 bits per heavy atom. The molecular weight excluding hydrogens is 655 g/mol. The maximum absolute atomic E-state index is 9.93. The summed E-state index contributed by atoms with van der Waals surface area (Å²) in [4.78, 5) is 19.9. The summed E-state index contributed by atoms with van der Waals surface area (Å²) in [5.74, 6) is 0. The molecular formula is C34H68O8Sn. The van der Waals surface area contributed by atoms with Gasteiger partial charge in [-0.25, -0.2) is 0 Å². The fraction of sp³-hybridized carbons (Fsp3) is 0.941. The van der Waals surface area contributed by atoms with Crippen LogP contribution in [0.25, 0.3) is 0 Å². The Hall–Kier alpha value is -0.741. The summed E-state index contributed by atoms with van der Waals surface area (Å²) >= 11 is 0.149. The van der Waals surface area contributed by atoms with Crippen LogP contribution in [0.5, 0.6) is 0 Å². The van der Waals surface area contributed by atoms with Crippen LogP contribution in [-0.4, -0.2) is 73.1 Å². The van der Waals surface area contributed by atoms with Crippen molar-refractivity contribution in [1.29, 1.82) is 0 Å². The fourth-order valence-electron chi connectivity index (χ4n) is 3.82. The number of rotatable bonds is 30. The molecule has 9 heteroatoms. The Morgan fingerprint density at radius 1 is 0.419 bits per heavy atom. The van der Waals surface area contributed by atoms with Crippen molar-refractivity contribution in [1.82, 2.24) is 0 Å². The third-order valence-electron chi connectivity index (χ3n) is 6.50. The Morgan fingerprint density at radius 3 is 0.977 bits per heavy atom. The van der Waals surface area contributed by atoms with E-state index in [9.17, 15) is 19.8 Å². The van der Waals surface area contributed by atoms with Gasteiger partial charge in [-0.1, -0.05) is 78.1 Å². The Balaban J connectivity index is -0.000000586. The van der Waals surface area contributed by atoms with Gasteiger partial charge in [0.05, 0.1) is 0 Å². The van der Waals surface area contributed by atoms with Gasteiger partial charge in [-0.2, -0.15) is 0 Å². The first-order valence-electron chi connectivity index (χ1n) is 17.5. The summed E-state index contributed by atoms with van der Waals surface area (Å²) in [6, 6.07) is 0. The number of unbranched alkanes of at least 4 members (excludes halogenated alkanes) is 14. The summed E-state index contributed by atoms with van der Waals surface area (Å²) in [6.07, 6.45) is 20.6. The first-order valence-corrected chi connectivity index (χ1v) is 21.5. The normalized spacial score (nSPS) is 10.1. The summed E-state index contributed by atoms with van der Waals surface area (Å²) in [7, 11) is 0. The quantitative estimate of drug-likeness (QED) is 0.0415. The van der Waals surface area contributed by atoms with Crippen molar-refractivity contribution in [2.45, 2.75) is 165 Å². The molecule has 0 bridgehead atoms. The number of ether oxygens (including phenoxy) is 4. The second-order valence-electron chi connectivity index (χ2n) is 10.8. The van der Waals surface area contributed by atoms with Crippen molar-refractivity contribution in [2.24, 2.45) is 0 Å². The van der Waals surface area contributed by atoms with E-state index < -0.39 is 12.3 Å². The second-order valence-corrected chi connectivity index (χ2v) is 15.1. The molecule has 8 nitrogen and oxygen atoms in total. The van der Waals surface area contributed by atoms with E-state index in [1.165, 1.54) is 64.2 Å². The van der Waals surface area contributed by atoms with E-state index in [0.29, 0.717) is 0 Å². The molecule has 0 aliphatic rings. The zero-order chi connectivity index (χ0) is 32.5. The van der Waals surface area contributed by atoms with Crippen molar-refractivity contribution in [3.05, 3.63) is 0 Å². The van der Waals surface area contributed by atoms with Crippen LogP contribution >= 0.6 is 0 Å². The third-order valence-corrected chi connectivity index (χ3v) is 10.5. The first-order chi connectivity index (χ1) is 21.0. The molecule has 0 unspecified atom stereocenters. The zero-order valence-electron chi connectivity index (χ0n) is 28.6. The van der Waals surface area contributed by atoms with Gasteiger partial charge in [0.1, 0.15) is 0 Å². The van der Waals surface area contributed by atoms with Crippen molar-refractivity contribution in [3.8, 4) is 0 Å². The third kappa shape index (κ3) is 57.5. The monoisotopic (exact) mass is 724 g/mol. The van der Waals surface area contributed by atoms with Crippen LogP contribution in [0.3, 0.4) is 0 Å². The molecule has 0 fully saturated rings. The maximum atomic E-state index is 9.93. The van der Waals surface area contributed by atoms with Crippen LogP contribution in [0.2, 0.25) is 8.87 Å². The molecule has 256 valence electrons. The van der Waals surface area contributed by atoms with Crippen LogP contribution in [0.1, 0.15) is 156 Å². The average Bonchev–Trinajstić information content (AvgIpc) is 2.98. The van der Waals surface area contributed by atoms with E-state index in [1.54, 1.807) is 8.87 Å². The Labute approximate surface area is 276 Å². The molecule has 0 aliphatic heterocycles. The van der Waals surface area contributed by atoms with E-state index in [2.05, 4.69) is 37.2 Å². The topological polar surface area (TPSA) is 117 Å². The Kier molecular flexibility index (Phi) is 49.6. The first kappa shape index (κ1) is 46.7. The summed E-state index contributed by atoms with van der Waals surface area (Å²) < 4.78 is 22.8. The van der Waals surface area contributed by atoms with Crippen molar-refractivity contribution >= 4 is 33.5 Å². The van der Waals surface area contributed by atoms with Crippen LogP contribution in [-0.2, 0) is 18.9 Å². The molecule has 0 heterocycles. The molecule has 43 heavy (non-hydrogen) atoms. The van der Waals surface area contributed by atoms with Gasteiger partial charge < -0.3 is 38.7 Å². The van der Waals surface area contributed by atoms with Gasteiger partial charge in [-0.15, -0.1) is 0 Å². The molecule has 0 N–H and O–H groups in total. The van der Waals surface area contributed by atoms with E-state index in [1.807, 2.05) is 0 Å². The van der Waals surface area contributed by atoms with E-state index in [0.717, 1.165) is 90.6 Å². The summed E-state index contributed by atoms with van der Waals surface area (Å²) in [6.45, 7) is 12.8. The van der Waals surface area contributed by atoms with E-state index >= 15 is 0 Å². The minimum atomic E-state index is -1.43. The van der Waals surface area contributed by atoms with Gasteiger partial charge in [0.25, 0.3) is 12.3 Å². The number of hydrogen-bond donors (Lipinski definition) is 0. The van der Waals surface area contributed by atoms with E-state index in [4.69, 9.17) is 9.47 Å². The van der Waals surface area contributed by atoms with Crippen LogP contribution in [0.15, 0.2) is 0 Å². The molecule has 0 aromatic rings. The van der Waals surface area contributed by atoms with Crippen LogP contribution in [0, 0.1) is 0 Å². The van der Waals surface area contributed by atoms with E-state index in [-0.39, 0.29) is 34.4 Å². The number of carbonyl (C=O) groups excluding carboxylic acids is 2. The Bertz CT molecular complexity index is 479. The molecule has 0 saturated carbocycles. The average molecular weight is 724 g/mol. The van der Waals surface area contributed by atoms with Gasteiger partial charge in [0.15, 0.2) is 0 Å². The molecule has 0 aliphatic carbocycles. The fourth-order valence-corrected chi connectivity index (χ4v) is 7.98. The standard InChI is InChI=1S/2C13H26O4.2C4H9.Sn/c2*1-2-3-4-7-10-16-11-8-5-6-9-12-17-13(14)15;2*1-3-4-2;/h2*2-12H2,1H3,(H,14,15);2*1,3-4H2,2H3;/q;;;;+2/p-2. The summed E-state index contributed by atoms with van der Waals surface area (Å²) in [5, 5.41) is 19.9. The minimum absolute atomic E-state index is 0.149. The van der Waals surface area contributed by atoms with Gasteiger partial charge in [0.2, 0.25) is 0 Å². The van der Waals surface area contributed by atoms with Gasteiger partial charge >= 0.3 is 69.5 Å². The molecule has 0 amide bonds. The molecule has 0 rings (SSSR count). The molecule has 0 aromatic carbocycles. The second kappa shape index (κ2) is 45.7. The zero-order valence-corrected chi connectivity index (χ0v) is 31.4. The molecule has 0 saturated heterocycles. The summed E-state index contributed by atoms with van der Waals surface area (Å²) in [5.41, 5.74) is 0. The number of hydrogen-bond acceptors (Lipinski definition) is 8. The molecule has 0 spiro atoms. The van der Waals surface area contributed by atoms with Crippen molar-refractivity contribution in [2.75, 3.05) is 39.6 Å². The SMILES string of the molecule is CCCCCCOCCCCCCOC(=O)[O-].CCCCCCOCCCCCCOC(=O)[O-].CCC[CH2][Sn+2][CH2]CCC. The van der Waals surface area contributed by atoms with Crippen molar-refractivity contribution in [3.63, 3.8) is 0 Å². The van der Waals surface area contributed by atoms with Gasteiger partial charge in [-0.05, 0) is 38.5 Å². The number of carboxylic acid groups (broad SMARTS) is 2. The number of carbonyl (C=O) groups is 2. The van der Waals surface area contributed by atoms with Gasteiger partial charge in [0, 0.05) is 39.6 Å².